The van der Waals surface area contributed by atoms with Gasteiger partial charge in [0.05, 0.1) is 0 Å². The van der Waals surface area contributed by atoms with Crippen LogP contribution in [-0.2, 0) is 0 Å². The molecule has 0 aromatic carbocycles. The minimum atomic E-state index is 0.861. The molecule has 1 aliphatic rings. The highest BCUT2D eigenvalue weighted by atomic mass is 32.2. The minimum absolute atomic E-state index is 0.861. The zero-order valence-electron chi connectivity index (χ0n) is 8.46. The number of unbranched alkanes of at least 4 members (excludes halogenated alkanes) is 1. The van der Waals surface area contributed by atoms with Crippen LogP contribution in [0.1, 0.15) is 26.2 Å². The number of terminal acetylenes is 1. The molecule has 1 fully saturated rings. The number of hydrogen-bond donors (Lipinski definition) is 0. The first-order valence-corrected chi connectivity index (χ1v) is 6.19. The molecule has 0 bridgehead atoms. The Morgan fingerprint density at radius 1 is 1.62 bits per heavy atom. The summed E-state index contributed by atoms with van der Waals surface area (Å²) in [6.07, 6.45) is 8.62. The van der Waals surface area contributed by atoms with Crippen LogP contribution in [0.2, 0.25) is 0 Å². The molecule has 0 spiro atoms. The van der Waals surface area contributed by atoms with Crippen molar-refractivity contribution in [2.75, 3.05) is 25.4 Å². The summed E-state index contributed by atoms with van der Waals surface area (Å²) in [5.74, 6) is 4.00. The van der Waals surface area contributed by atoms with Crippen LogP contribution in [0.3, 0.4) is 0 Å². The summed E-state index contributed by atoms with van der Waals surface area (Å²) >= 11 is 2.12. The van der Waals surface area contributed by atoms with E-state index in [1.165, 1.54) is 31.8 Å². The van der Waals surface area contributed by atoms with E-state index in [0.29, 0.717) is 0 Å². The molecule has 0 radical (unpaired) electrons. The maximum absolute atomic E-state index is 5.22. The van der Waals surface area contributed by atoms with E-state index in [1.54, 1.807) is 0 Å². The topological polar surface area (TPSA) is 3.24 Å². The zero-order chi connectivity index (χ0) is 9.52. The zero-order valence-corrected chi connectivity index (χ0v) is 9.28. The van der Waals surface area contributed by atoms with E-state index in [1.807, 2.05) is 0 Å². The van der Waals surface area contributed by atoms with Gasteiger partial charge >= 0.3 is 0 Å². The fraction of sp³-hybridized carbons (Fsp3) is 0.818. The van der Waals surface area contributed by atoms with Gasteiger partial charge in [0.2, 0.25) is 0 Å². The molecule has 0 aromatic rings. The van der Waals surface area contributed by atoms with Gasteiger partial charge in [0.1, 0.15) is 0 Å². The Balaban J connectivity index is 2.15. The average Bonchev–Trinajstić information content (AvgIpc) is 2.19. The predicted molar refractivity (Wildman–Crippen MR) is 61.0 cm³/mol. The molecular formula is C11H19NS. The van der Waals surface area contributed by atoms with E-state index in [9.17, 15) is 0 Å². The van der Waals surface area contributed by atoms with Crippen LogP contribution >= 0.6 is 11.8 Å². The van der Waals surface area contributed by atoms with Gasteiger partial charge in [-0.25, -0.2) is 0 Å². The molecular weight excluding hydrogens is 178 g/mol. The van der Waals surface area contributed by atoms with E-state index in [0.717, 1.165) is 18.1 Å². The molecule has 1 rings (SSSR count). The van der Waals surface area contributed by atoms with Gasteiger partial charge in [-0.1, -0.05) is 6.92 Å². The molecule has 0 aliphatic carbocycles. The molecule has 0 N–H and O–H groups in total. The van der Waals surface area contributed by atoms with Crippen LogP contribution in [-0.4, -0.2) is 35.5 Å². The molecule has 74 valence electrons. The first-order chi connectivity index (χ1) is 6.36. The van der Waals surface area contributed by atoms with E-state index in [4.69, 9.17) is 6.42 Å². The predicted octanol–water partition coefficient (Wildman–Crippen LogP) is 2.23. The van der Waals surface area contributed by atoms with Crippen molar-refractivity contribution >= 4 is 11.8 Å². The van der Waals surface area contributed by atoms with Crippen LogP contribution in [0.15, 0.2) is 0 Å². The summed E-state index contributed by atoms with van der Waals surface area (Å²) < 4.78 is 0. The third-order valence-corrected chi connectivity index (χ3v) is 3.85. The summed E-state index contributed by atoms with van der Waals surface area (Å²) in [6.45, 7) is 6.00. The van der Waals surface area contributed by atoms with E-state index in [2.05, 4.69) is 29.5 Å². The lowest BCUT2D eigenvalue weighted by atomic mass is 10.2. The van der Waals surface area contributed by atoms with Crippen LogP contribution in [0.25, 0.3) is 0 Å². The van der Waals surface area contributed by atoms with Gasteiger partial charge in [0.15, 0.2) is 0 Å². The van der Waals surface area contributed by atoms with Gasteiger partial charge in [-0.2, -0.15) is 11.8 Å². The van der Waals surface area contributed by atoms with E-state index >= 15 is 0 Å². The molecule has 13 heavy (non-hydrogen) atoms. The van der Waals surface area contributed by atoms with Crippen molar-refractivity contribution in [2.24, 2.45) is 0 Å². The van der Waals surface area contributed by atoms with Gasteiger partial charge in [-0.15, -0.1) is 12.3 Å². The SMILES string of the molecule is C#CCCCN1CCSC(CC)C1. The average molecular weight is 197 g/mol. The summed E-state index contributed by atoms with van der Waals surface area (Å²) in [6, 6.07) is 0. The summed E-state index contributed by atoms with van der Waals surface area (Å²) in [4.78, 5) is 2.56. The maximum atomic E-state index is 5.22. The number of hydrogen-bond acceptors (Lipinski definition) is 2. The van der Waals surface area contributed by atoms with Gasteiger partial charge in [-0.3, -0.25) is 0 Å². The molecule has 1 aliphatic heterocycles. The molecule has 1 atom stereocenters. The molecule has 0 saturated carbocycles. The molecule has 1 nitrogen and oxygen atoms in total. The first-order valence-electron chi connectivity index (χ1n) is 5.14. The molecule has 2 heteroatoms. The smallest absolute Gasteiger partial charge is 0.0172 e. The highest BCUT2D eigenvalue weighted by Gasteiger charge is 2.17. The second-order valence-electron chi connectivity index (χ2n) is 3.51. The van der Waals surface area contributed by atoms with Gasteiger partial charge in [0.25, 0.3) is 0 Å². The van der Waals surface area contributed by atoms with E-state index < -0.39 is 0 Å². The fourth-order valence-corrected chi connectivity index (χ4v) is 2.88. The Hall–Kier alpha value is -0.130. The normalized spacial score (nSPS) is 24.2. The number of rotatable bonds is 4. The molecule has 1 heterocycles. The third kappa shape index (κ3) is 4.06. The summed E-state index contributed by atoms with van der Waals surface area (Å²) in [7, 11) is 0. The van der Waals surface area contributed by atoms with Crippen LogP contribution in [0.5, 0.6) is 0 Å². The Kier molecular flexibility index (Phi) is 5.34. The number of thioether (sulfide) groups is 1. The Morgan fingerprint density at radius 3 is 3.15 bits per heavy atom. The van der Waals surface area contributed by atoms with Crippen LogP contribution in [0.4, 0.5) is 0 Å². The first kappa shape index (κ1) is 10.9. The maximum Gasteiger partial charge on any atom is 0.0172 e. The summed E-state index contributed by atoms with van der Waals surface area (Å²) in [5.41, 5.74) is 0. The standard InChI is InChI=1S/C11H19NS/c1-3-5-6-7-12-8-9-13-11(4-2)10-12/h1,11H,4-10H2,2H3. The lowest BCUT2D eigenvalue weighted by Gasteiger charge is -2.31. The number of nitrogens with zero attached hydrogens (tertiary/aromatic N) is 1. The van der Waals surface area contributed by atoms with Crippen molar-refractivity contribution in [3.8, 4) is 12.3 Å². The Morgan fingerprint density at radius 2 is 2.46 bits per heavy atom. The van der Waals surface area contributed by atoms with Crippen molar-refractivity contribution < 1.29 is 0 Å². The summed E-state index contributed by atoms with van der Waals surface area (Å²) in [5, 5.41) is 0.861. The van der Waals surface area contributed by atoms with Gasteiger partial charge < -0.3 is 4.90 Å². The highest BCUT2D eigenvalue weighted by molar-refractivity contribution is 8.00. The Labute approximate surface area is 86.3 Å². The largest absolute Gasteiger partial charge is 0.301 e. The van der Waals surface area contributed by atoms with Crippen molar-refractivity contribution in [1.82, 2.24) is 4.90 Å². The van der Waals surface area contributed by atoms with Crippen molar-refractivity contribution in [3.05, 3.63) is 0 Å². The molecule has 0 amide bonds. The Bertz CT molecular complexity index is 173. The quantitative estimate of drug-likeness (QED) is 0.502. The third-order valence-electron chi connectivity index (χ3n) is 2.47. The van der Waals surface area contributed by atoms with Crippen molar-refractivity contribution in [1.29, 1.82) is 0 Å². The molecule has 1 unspecified atom stereocenters. The monoisotopic (exact) mass is 197 g/mol. The minimum Gasteiger partial charge on any atom is -0.301 e. The van der Waals surface area contributed by atoms with Crippen LogP contribution in [0, 0.1) is 12.3 Å². The van der Waals surface area contributed by atoms with E-state index in [-0.39, 0.29) is 0 Å². The van der Waals surface area contributed by atoms with Crippen molar-refractivity contribution in [3.63, 3.8) is 0 Å². The van der Waals surface area contributed by atoms with Gasteiger partial charge in [0, 0.05) is 30.5 Å². The van der Waals surface area contributed by atoms with Gasteiger partial charge in [-0.05, 0) is 19.4 Å². The molecule has 0 aromatic heterocycles. The molecule has 1 saturated heterocycles. The lowest BCUT2D eigenvalue weighted by Crippen LogP contribution is -2.38. The highest BCUT2D eigenvalue weighted by Crippen LogP contribution is 2.20. The second-order valence-corrected chi connectivity index (χ2v) is 4.92. The second kappa shape index (κ2) is 6.34. The van der Waals surface area contributed by atoms with Crippen molar-refractivity contribution in [2.45, 2.75) is 31.4 Å². The fourth-order valence-electron chi connectivity index (χ4n) is 1.64. The lowest BCUT2D eigenvalue weighted by molar-refractivity contribution is 0.279. The van der Waals surface area contributed by atoms with Crippen LogP contribution < -0.4 is 0 Å².